The normalized spacial score (nSPS) is 16.2. The van der Waals surface area contributed by atoms with Crippen molar-refractivity contribution in [3.05, 3.63) is 77.8 Å². The number of oxazole rings is 1. The van der Waals surface area contributed by atoms with Crippen LogP contribution < -0.4 is 9.47 Å². The van der Waals surface area contributed by atoms with Crippen molar-refractivity contribution in [2.45, 2.75) is 25.2 Å². The lowest BCUT2D eigenvalue weighted by Crippen LogP contribution is -2.41. The van der Waals surface area contributed by atoms with Crippen LogP contribution in [0.5, 0.6) is 11.5 Å². The molecule has 1 saturated heterocycles. The number of benzene rings is 2. The van der Waals surface area contributed by atoms with Gasteiger partial charge in [0.15, 0.2) is 12.5 Å². The van der Waals surface area contributed by atoms with Crippen molar-refractivity contribution in [3.8, 4) is 11.5 Å². The molecule has 0 aliphatic carbocycles. The molecule has 2 aromatic carbocycles. The van der Waals surface area contributed by atoms with Crippen molar-refractivity contribution in [1.29, 1.82) is 0 Å². The number of rotatable bonds is 7. The minimum atomic E-state index is -0.393. The first-order valence-electron chi connectivity index (χ1n) is 10.3. The Kier molecular flexibility index (Phi) is 6.50. The van der Waals surface area contributed by atoms with Crippen LogP contribution in [-0.2, 0) is 11.2 Å². The minimum absolute atomic E-state index is 0.0401. The molecule has 0 radical (unpaired) electrons. The van der Waals surface area contributed by atoms with Crippen LogP contribution in [0.15, 0.2) is 59.1 Å². The first kappa shape index (κ1) is 20.9. The number of hydrogen-bond acceptors (Lipinski definition) is 5. The standard InChI is InChI=1S/C24H25FN2O4/c1-29-22-10-3-2-6-17(22)12-21-14-26-24(31-21)18-7-5-11-27(15-18)23(28)16-30-20-9-4-8-19(25)13-20/h2-4,6,8-10,13-14,18H,5,7,11-12,15-16H2,1H3. The van der Waals surface area contributed by atoms with Crippen LogP contribution in [0.1, 0.15) is 36.0 Å². The summed E-state index contributed by atoms with van der Waals surface area (Å²) in [4.78, 5) is 18.8. The fourth-order valence-electron chi connectivity index (χ4n) is 3.83. The Bertz CT molecular complexity index is 1040. The number of likely N-dealkylation sites (tertiary alicyclic amines) is 1. The molecule has 0 spiro atoms. The van der Waals surface area contributed by atoms with Gasteiger partial charge in [0.25, 0.3) is 5.91 Å². The molecule has 4 rings (SSSR count). The highest BCUT2D eigenvalue weighted by Gasteiger charge is 2.28. The molecule has 6 nitrogen and oxygen atoms in total. The second-order valence-electron chi connectivity index (χ2n) is 7.58. The molecule has 1 aliphatic rings. The molecule has 3 aromatic rings. The summed E-state index contributed by atoms with van der Waals surface area (Å²) in [7, 11) is 1.65. The van der Waals surface area contributed by atoms with Gasteiger partial charge in [-0.15, -0.1) is 0 Å². The topological polar surface area (TPSA) is 64.8 Å². The summed E-state index contributed by atoms with van der Waals surface area (Å²) in [5.74, 6) is 2.08. The number of ether oxygens (including phenoxy) is 2. The van der Waals surface area contributed by atoms with Crippen molar-refractivity contribution < 1.29 is 23.1 Å². The SMILES string of the molecule is COc1ccccc1Cc1cnc(C2CCCN(C(=O)COc3cccc(F)c3)C2)o1. The first-order chi connectivity index (χ1) is 15.1. The van der Waals surface area contributed by atoms with E-state index in [0.29, 0.717) is 31.2 Å². The summed E-state index contributed by atoms with van der Waals surface area (Å²) < 4.78 is 30.1. The van der Waals surface area contributed by atoms with Crippen molar-refractivity contribution >= 4 is 5.91 Å². The Labute approximate surface area is 180 Å². The molecular weight excluding hydrogens is 399 g/mol. The van der Waals surface area contributed by atoms with Crippen molar-refractivity contribution in [2.24, 2.45) is 0 Å². The van der Waals surface area contributed by atoms with Gasteiger partial charge in [-0.25, -0.2) is 9.37 Å². The quantitative estimate of drug-likeness (QED) is 0.569. The molecule has 1 amide bonds. The molecule has 1 aromatic heterocycles. The van der Waals surface area contributed by atoms with E-state index >= 15 is 0 Å². The predicted octanol–water partition coefficient (Wildman–Crippen LogP) is 4.20. The zero-order chi connectivity index (χ0) is 21.6. The number of halogens is 1. The number of amides is 1. The molecule has 1 atom stereocenters. The number of para-hydroxylation sites is 1. The maximum Gasteiger partial charge on any atom is 0.260 e. The zero-order valence-electron chi connectivity index (χ0n) is 17.4. The number of carbonyl (C=O) groups excluding carboxylic acids is 1. The van der Waals surface area contributed by atoms with Gasteiger partial charge in [0.05, 0.1) is 19.2 Å². The second kappa shape index (κ2) is 9.64. The van der Waals surface area contributed by atoms with Crippen LogP contribution in [-0.4, -0.2) is 42.6 Å². The van der Waals surface area contributed by atoms with Gasteiger partial charge in [0, 0.05) is 31.1 Å². The van der Waals surface area contributed by atoms with Crippen molar-refractivity contribution in [3.63, 3.8) is 0 Å². The highest BCUT2D eigenvalue weighted by molar-refractivity contribution is 5.78. The van der Waals surface area contributed by atoms with Crippen LogP contribution in [0.25, 0.3) is 0 Å². The number of aromatic nitrogens is 1. The van der Waals surface area contributed by atoms with E-state index in [2.05, 4.69) is 4.98 Å². The lowest BCUT2D eigenvalue weighted by molar-refractivity contribution is -0.134. The highest BCUT2D eigenvalue weighted by atomic mass is 19.1. The molecule has 1 fully saturated rings. The van der Waals surface area contributed by atoms with Gasteiger partial charge < -0.3 is 18.8 Å². The summed E-state index contributed by atoms with van der Waals surface area (Å²) in [6.45, 7) is 1.07. The highest BCUT2D eigenvalue weighted by Crippen LogP contribution is 2.28. The predicted molar refractivity (Wildman–Crippen MR) is 113 cm³/mol. The van der Waals surface area contributed by atoms with Crippen LogP contribution in [0.4, 0.5) is 4.39 Å². The molecule has 31 heavy (non-hydrogen) atoms. The molecule has 0 N–H and O–H groups in total. The molecule has 0 bridgehead atoms. The van der Waals surface area contributed by atoms with E-state index in [1.165, 1.54) is 12.1 Å². The van der Waals surface area contributed by atoms with Crippen LogP contribution >= 0.6 is 0 Å². The zero-order valence-corrected chi connectivity index (χ0v) is 17.4. The molecule has 0 saturated carbocycles. The van der Waals surface area contributed by atoms with E-state index in [-0.39, 0.29) is 18.4 Å². The smallest absolute Gasteiger partial charge is 0.260 e. The van der Waals surface area contributed by atoms with Gasteiger partial charge >= 0.3 is 0 Å². The number of methoxy groups -OCH3 is 1. The minimum Gasteiger partial charge on any atom is -0.496 e. The van der Waals surface area contributed by atoms with E-state index in [1.807, 2.05) is 24.3 Å². The average molecular weight is 424 g/mol. The van der Waals surface area contributed by atoms with Gasteiger partial charge in [-0.1, -0.05) is 24.3 Å². The molecule has 2 heterocycles. The van der Waals surface area contributed by atoms with Gasteiger partial charge in [0.2, 0.25) is 0 Å². The Morgan fingerprint density at radius 3 is 2.97 bits per heavy atom. The fourth-order valence-corrected chi connectivity index (χ4v) is 3.83. The van der Waals surface area contributed by atoms with E-state index in [0.717, 1.165) is 29.9 Å². The number of piperidine rings is 1. The van der Waals surface area contributed by atoms with Gasteiger partial charge in [-0.2, -0.15) is 0 Å². The van der Waals surface area contributed by atoms with Crippen molar-refractivity contribution in [1.82, 2.24) is 9.88 Å². The van der Waals surface area contributed by atoms with Crippen LogP contribution in [0.2, 0.25) is 0 Å². The maximum absolute atomic E-state index is 13.3. The van der Waals surface area contributed by atoms with E-state index in [9.17, 15) is 9.18 Å². The van der Waals surface area contributed by atoms with Gasteiger partial charge in [-0.3, -0.25) is 4.79 Å². The third kappa shape index (κ3) is 5.23. The fraction of sp³-hybridized carbons (Fsp3) is 0.333. The van der Waals surface area contributed by atoms with E-state index < -0.39 is 5.82 Å². The molecular formula is C24H25FN2O4. The van der Waals surface area contributed by atoms with Crippen LogP contribution in [0, 0.1) is 5.82 Å². The Balaban J connectivity index is 1.35. The Morgan fingerprint density at radius 1 is 1.26 bits per heavy atom. The molecule has 7 heteroatoms. The van der Waals surface area contributed by atoms with Gasteiger partial charge in [0.1, 0.15) is 23.1 Å². The third-order valence-electron chi connectivity index (χ3n) is 5.41. The lowest BCUT2D eigenvalue weighted by Gasteiger charge is -2.31. The Morgan fingerprint density at radius 2 is 2.13 bits per heavy atom. The second-order valence-corrected chi connectivity index (χ2v) is 7.58. The molecule has 1 aliphatic heterocycles. The number of carbonyl (C=O) groups is 1. The molecule has 162 valence electrons. The summed E-state index contributed by atoms with van der Waals surface area (Å²) in [5.41, 5.74) is 1.03. The molecule has 1 unspecified atom stereocenters. The van der Waals surface area contributed by atoms with Gasteiger partial charge in [-0.05, 0) is 31.0 Å². The first-order valence-corrected chi connectivity index (χ1v) is 10.3. The van der Waals surface area contributed by atoms with Crippen LogP contribution in [0.3, 0.4) is 0 Å². The summed E-state index contributed by atoms with van der Waals surface area (Å²) in [6, 6.07) is 13.6. The third-order valence-corrected chi connectivity index (χ3v) is 5.41. The summed E-state index contributed by atoms with van der Waals surface area (Å²) in [5, 5.41) is 0. The van der Waals surface area contributed by atoms with E-state index in [4.69, 9.17) is 13.9 Å². The maximum atomic E-state index is 13.3. The van der Waals surface area contributed by atoms with Crippen molar-refractivity contribution in [2.75, 3.05) is 26.8 Å². The monoisotopic (exact) mass is 424 g/mol. The number of nitrogens with zero attached hydrogens (tertiary/aromatic N) is 2. The van der Waals surface area contributed by atoms with E-state index in [1.54, 1.807) is 30.3 Å². The summed E-state index contributed by atoms with van der Waals surface area (Å²) in [6.07, 6.45) is 4.10. The average Bonchev–Trinajstić information content (AvgIpc) is 3.26. The number of hydrogen-bond donors (Lipinski definition) is 0. The lowest BCUT2D eigenvalue weighted by atomic mass is 9.98. The largest absolute Gasteiger partial charge is 0.496 e. The Hall–Kier alpha value is -3.35. The summed E-state index contributed by atoms with van der Waals surface area (Å²) >= 11 is 0.